The van der Waals surface area contributed by atoms with E-state index in [1.165, 1.54) is 15.7 Å². The number of carbonyl (C=O) groups is 1. The zero-order valence-electron chi connectivity index (χ0n) is 18.8. The molecule has 0 radical (unpaired) electrons. The van der Waals surface area contributed by atoms with Crippen LogP contribution in [0.3, 0.4) is 0 Å². The molecular formula is C32H21NO2. The lowest BCUT2D eigenvalue weighted by atomic mass is 9.88. The molecule has 0 bridgehead atoms. The quantitative estimate of drug-likeness (QED) is 0.297. The van der Waals surface area contributed by atoms with Gasteiger partial charge in [0.15, 0.2) is 6.23 Å². The normalized spacial score (nSPS) is 15.3. The van der Waals surface area contributed by atoms with E-state index < -0.39 is 6.23 Å². The Bertz CT molecular complexity index is 1800. The lowest BCUT2D eigenvalue weighted by Crippen LogP contribution is -2.38. The second-order valence-corrected chi connectivity index (χ2v) is 9.07. The fourth-order valence-electron chi connectivity index (χ4n) is 5.40. The molecule has 3 heteroatoms. The first-order chi connectivity index (χ1) is 17.2. The third kappa shape index (κ3) is 2.99. The van der Waals surface area contributed by atoms with Gasteiger partial charge in [0.2, 0.25) is 0 Å². The minimum absolute atomic E-state index is 0.193. The monoisotopic (exact) mass is 451 g/mol. The number of nitrogens with zero attached hydrogens (tertiary/aromatic N) is 1. The van der Waals surface area contributed by atoms with Crippen LogP contribution < -0.4 is 4.90 Å². The average molecular weight is 452 g/mol. The van der Waals surface area contributed by atoms with Crippen LogP contribution in [0.15, 0.2) is 115 Å². The van der Waals surface area contributed by atoms with Crippen molar-refractivity contribution in [1.29, 1.82) is 0 Å². The number of aliphatic hydroxyl groups excluding tert-OH is 1. The van der Waals surface area contributed by atoms with Gasteiger partial charge < -0.3 is 5.11 Å². The average Bonchev–Trinajstić information content (AvgIpc) is 2.91. The van der Waals surface area contributed by atoms with E-state index in [1.54, 1.807) is 0 Å². The number of hydrogen-bond acceptors (Lipinski definition) is 2. The van der Waals surface area contributed by atoms with E-state index in [1.807, 2.05) is 84.9 Å². The van der Waals surface area contributed by atoms with Crippen LogP contribution >= 0.6 is 0 Å². The van der Waals surface area contributed by atoms with Crippen LogP contribution in [-0.4, -0.2) is 11.0 Å². The highest BCUT2D eigenvalue weighted by molar-refractivity contribution is 6.20. The Morgan fingerprint density at radius 3 is 2.03 bits per heavy atom. The fourth-order valence-corrected chi connectivity index (χ4v) is 5.40. The van der Waals surface area contributed by atoms with E-state index in [9.17, 15) is 9.90 Å². The molecule has 0 aromatic heterocycles. The molecule has 0 fully saturated rings. The third-order valence-corrected chi connectivity index (χ3v) is 7.12. The minimum atomic E-state index is -1.06. The summed E-state index contributed by atoms with van der Waals surface area (Å²) >= 11 is 0. The molecule has 0 spiro atoms. The van der Waals surface area contributed by atoms with Crippen molar-refractivity contribution in [3.05, 3.63) is 126 Å². The second kappa shape index (κ2) is 7.52. The first-order valence-corrected chi connectivity index (χ1v) is 11.7. The maximum atomic E-state index is 13.7. The van der Waals surface area contributed by atoms with Gasteiger partial charge in [0.1, 0.15) is 0 Å². The Morgan fingerprint density at radius 2 is 1.26 bits per heavy atom. The van der Waals surface area contributed by atoms with Gasteiger partial charge >= 0.3 is 0 Å². The highest BCUT2D eigenvalue weighted by atomic mass is 16.3. The van der Waals surface area contributed by atoms with Crippen LogP contribution in [0.1, 0.15) is 22.1 Å². The van der Waals surface area contributed by atoms with Gasteiger partial charge in [-0.3, -0.25) is 9.69 Å². The molecule has 166 valence electrons. The number of hydrogen-bond donors (Lipinski definition) is 1. The summed E-state index contributed by atoms with van der Waals surface area (Å²) < 4.78 is 0. The zero-order chi connectivity index (χ0) is 23.5. The standard InChI is InChI=1S/C32H21NO2/c34-31-28-11-5-10-27-26(24-13-12-20-6-1-3-8-22(20)18-24)16-17-29(30(27)28)32(35)33(31)25-15-14-21-7-2-4-9-23(21)19-25/h1-19,31,34H. The number of benzene rings is 6. The summed E-state index contributed by atoms with van der Waals surface area (Å²) in [6.07, 6.45) is -1.06. The van der Waals surface area contributed by atoms with E-state index in [0.29, 0.717) is 11.3 Å². The van der Waals surface area contributed by atoms with Crippen molar-refractivity contribution in [3.8, 4) is 11.1 Å². The fraction of sp³-hybridized carbons (Fsp3) is 0.0312. The smallest absolute Gasteiger partial charge is 0.261 e. The lowest BCUT2D eigenvalue weighted by molar-refractivity contribution is 0.0879. The van der Waals surface area contributed by atoms with Crippen molar-refractivity contribution < 1.29 is 9.90 Å². The maximum Gasteiger partial charge on any atom is 0.261 e. The van der Waals surface area contributed by atoms with Gasteiger partial charge in [-0.25, -0.2) is 0 Å². The van der Waals surface area contributed by atoms with Gasteiger partial charge in [-0.1, -0.05) is 91.0 Å². The van der Waals surface area contributed by atoms with Crippen molar-refractivity contribution in [2.45, 2.75) is 6.23 Å². The topological polar surface area (TPSA) is 40.5 Å². The van der Waals surface area contributed by atoms with Gasteiger partial charge in [0.25, 0.3) is 5.91 Å². The summed E-state index contributed by atoms with van der Waals surface area (Å²) in [5.41, 5.74) is 4.18. The third-order valence-electron chi connectivity index (χ3n) is 7.12. The van der Waals surface area contributed by atoms with Gasteiger partial charge in [-0.2, -0.15) is 0 Å². The van der Waals surface area contributed by atoms with Crippen LogP contribution in [0.5, 0.6) is 0 Å². The minimum Gasteiger partial charge on any atom is -0.369 e. The molecule has 0 saturated carbocycles. The summed E-state index contributed by atoms with van der Waals surface area (Å²) in [4.78, 5) is 15.2. The Balaban J connectivity index is 1.40. The molecule has 1 aliphatic heterocycles. The predicted octanol–water partition coefficient (Wildman–Crippen LogP) is 7.46. The molecule has 0 aliphatic carbocycles. The van der Waals surface area contributed by atoms with E-state index in [2.05, 4.69) is 30.3 Å². The molecule has 6 aromatic rings. The van der Waals surface area contributed by atoms with Crippen molar-refractivity contribution in [2.75, 3.05) is 4.90 Å². The molecular weight excluding hydrogens is 430 g/mol. The Kier molecular flexibility index (Phi) is 4.29. The largest absolute Gasteiger partial charge is 0.369 e. The van der Waals surface area contributed by atoms with E-state index in [-0.39, 0.29) is 5.91 Å². The van der Waals surface area contributed by atoms with Crippen molar-refractivity contribution in [1.82, 2.24) is 0 Å². The number of amides is 1. The molecule has 1 heterocycles. The summed E-state index contributed by atoms with van der Waals surface area (Å²) in [6.45, 7) is 0. The maximum absolute atomic E-state index is 13.7. The van der Waals surface area contributed by atoms with Crippen LogP contribution in [0, 0.1) is 0 Å². The number of rotatable bonds is 2. The number of aliphatic hydroxyl groups is 1. The van der Waals surface area contributed by atoms with Crippen molar-refractivity contribution in [3.63, 3.8) is 0 Å². The SMILES string of the molecule is O=C1c2ccc(-c3ccc4ccccc4c3)c3cccc(c23)C(O)N1c1ccc2ccccc2c1. The number of carbonyl (C=O) groups excluding carboxylic acids is 1. The van der Waals surface area contributed by atoms with Gasteiger partial charge in [-0.15, -0.1) is 0 Å². The molecule has 1 aliphatic rings. The van der Waals surface area contributed by atoms with Crippen molar-refractivity contribution >= 4 is 43.9 Å². The predicted molar refractivity (Wildman–Crippen MR) is 143 cm³/mol. The van der Waals surface area contributed by atoms with Gasteiger partial charge in [0, 0.05) is 22.2 Å². The molecule has 1 atom stereocenters. The molecule has 7 rings (SSSR count). The van der Waals surface area contributed by atoms with Crippen LogP contribution in [0.4, 0.5) is 5.69 Å². The van der Waals surface area contributed by atoms with Crippen LogP contribution in [-0.2, 0) is 0 Å². The molecule has 0 saturated heterocycles. The molecule has 35 heavy (non-hydrogen) atoms. The highest BCUT2D eigenvalue weighted by Gasteiger charge is 2.34. The summed E-state index contributed by atoms with van der Waals surface area (Å²) in [6, 6.07) is 38.5. The first-order valence-electron chi connectivity index (χ1n) is 11.7. The molecule has 3 nitrogen and oxygen atoms in total. The Hall–Kier alpha value is -4.47. The number of anilines is 1. The van der Waals surface area contributed by atoms with E-state index in [4.69, 9.17) is 0 Å². The highest BCUT2D eigenvalue weighted by Crippen LogP contribution is 2.42. The Labute approximate surface area is 202 Å². The van der Waals surface area contributed by atoms with Gasteiger partial charge in [0.05, 0.1) is 0 Å². The lowest BCUT2D eigenvalue weighted by Gasteiger charge is -2.34. The molecule has 1 unspecified atom stereocenters. The summed E-state index contributed by atoms with van der Waals surface area (Å²) in [7, 11) is 0. The van der Waals surface area contributed by atoms with E-state index >= 15 is 0 Å². The second-order valence-electron chi connectivity index (χ2n) is 9.07. The molecule has 6 aromatic carbocycles. The summed E-state index contributed by atoms with van der Waals surface area (Å²) in [5.74, 6) is -0.193. The van der Waals surface area contributed by atoms with E-state index in [0.717, 1.165) is 38.2 Å². The molecule has 1 amide bonds. The first kappa shape index (κ1) is 20.0. The summed E-state index contributed by atoms with van der Waals surface area (Å²) in [5, 5.41) is 17.7. The molecule has 1 N–H and O–H groups in total. The van der Waals surface area contributed by atoms with Crippen LogP contribution in [0.2, 0.25) is 0 Å². The van der Waals surface area contributed by atoms with Gasteiger partial charge in [-0.05, 0) is 62.3 Å². The Morgan fingerprint density at radius 1 is 0.600 bits per heavy atom. The van der Waals surface area contributed by atoms with Crippen molar-refractivity contribution in [2.24, 2.45) is 0 Å². The number of fused-ring (bicyclic) bond motifs is 2. The van der Waals surface area contributed by atoms with Crippen LogP contribution in [0.25, 0.3) is 43.4 Å². The zero-order valence-corrected chi connectivity index (χ0v) is 18.8.